The lowest BCUT2D eigenvalue weighted by molar-refractivity contribution is -0.133. The van der Waals surface area contributed by atoms with Crippen molar-refractivity contribution in [3.05, 3.63) is 0 Å². The number of amides is 2. The standard InChI is InChI=1S/C15H28N4O2/c1-12(2)15(21)17-13-3-7-19(8-4-13)14(20)11-18-9-5-16-6-10-18/h12-13,16H,3-11H2,1-2H3,(H,17,21). The highest BCUT2D eigenvalue weighted by Crippen LogP contribution is 2.12. The summed E-state index contributed by atoms with van der Waals surface area (Å²) in [6.07, 6.45) is 1.73. The molecule has 6 nitrogen and oxygen atoms in total. The number of carbonyl (C=O) groups excluding carboxylic acids is 2. The van der Waals surface area contributed by atoms with Crippen LogP contribution in [-0.4, -0.2) is 73.5 Å². The summed E-state index contributed by atoms with van der Waals surface area (Å²) in [5, 5.41) is 6.36. The Hall–Kier alpha value is -1.14. The molecule has 2 N–H and O–H groups in total. The van der Waals surface area contributed by atoms with Crippen LogP contribution >= 0.6 is 0 Å². The smallest absolute Gasteiger partial charge is 0.236 e. The molecule has 0 atom stereocenters. The highest BCUT2D eigenvalue weighted by Gasteiger charge is 2.25. The van der Waals surface area contributed by atoms with Gasteiger partial charge < -0.3 is 15.5 Å². The van der Waals surface area contributed by atoms with Crippen molar-refractivity contribution in [1.82, 2.24) is 20.4 Å². The highest BCUT2D eigenvalue weighted by molar-refractivity contribution is 5.79. The molecule has 0 radical (unpaired) electrons. The maximum absolute atomic E-state index is 12.3. The second-order valence-electron chi connectivity index (χ2n) is 6.34. The van der Waals surface area contributed by atoms with Gasteiger partial charge in [0.15, 0.2) is 0 Å². The molecule has 2 rings (SSSR count). The van der Waals surface area contributed by atoms with Gasteiger partial charge in [-0.1, -0.05) is 13.8 Å². The van der Waals surface area contributed by atoms with E-state index in [1.54, 1.807) is 0 Å². The Morgan fingerprint density at radius 2 is 1.76 bits per heavy atom. The van der Waals surface area contributed by atoms with Crippen molar-refractivity contribution in [3.63, 3.8) is 0 Å². The first-order chi connectivity index (χ1) is 10.1. The third-order valence-corrected chi connectivity index (χ3v) is 4.29. The van der Waals surface area contributed by atoms with Crippen molar-refractivity contribution in [2.45, 2.75) is 32.7 Å². The third-order valence-electron chi connectivity index (χ3n) is 4.29. The molecule has 2 fully saturated rings. The zero-order chi connectivity index (χ0) is 15.2. The van der Waals surface area contributed by atoms with Crippen molar-refractivity contribution < 1.29 is 9.59 Å². The van der Waals surface area contributed by atoms with E-state index < -0.39 is 0 Å². The fraction of sp³-hybridized carbons (Fsp3) is 0.867. The largest absolute Gasteiger partial charge is 0.353 e. The van der Waals surface area contributed by atoms with Crippen molar-refractivity contribution in [2.24, 2.45) is 5.92 Å². The van der Waals surface area contributed by atoms with Gasteiger partial charge in [0.05, 0.1) is 6.54 Å². The van der Waals surface area contributed by atoms with Crippen LogP contribution in [-0.2, 0) is 9.59 Å². The summed E-state index contributed by atoms with van der Waals surface area (Å²) in [4.78, 5) is 28.1. The summed E-state index contributed by atoms with van der Waals surface area (Å²) in [5.74, 6) is 0.364. The molecule has 2 aliphatic heterocycles. The molecule has 6 heteroatoms. The lowest BCUT2D eigenvalue weighted by Crippen LogP contribution is -2.51. The van der Waals surface area contributed by atoms with Crippen LogP contribution in [0.3, 0.4) is 0 Å². The van der Waals surface area contributed by atoms with E-state index in [-0.39, 0.29) is 23.8 Å². The molecule has 0 aliphatic carbocycles. The van der Waals surface area contributed by atoms with Crippen LogP contribution in [0.2, 0.25) is 0 Å². The molecule has 0 spiro atoms. The van der Waals surface area contributed by atoms with Gasteiger partial charge in [-0.2, -0.15) is 0 Å². The lowest BCUT2D eigenvalue weighted by atomic mass is 10.0. The van der Waals surface area contributed by atoms with Crippen LogP contribution in [0, 0.1) is 5.92 Å². The molecule has 2 amide bonds. The SMILES string of the molecule is CC(C)C(=O)NC1CCN(C(=O)CN2CCNCC2)CC1. The van der Waals surface area contributed by atoms with Gasteiger partial charge in [0, 0.05) is 51.2 Å². The molecule has 2 heterocycles. The second kappa shape index (κ2) is 7.75. The number of likely N-dealkylation sites (tertiary alicyclic amines) is 1. The number of nitrogens with zero attached hydrogens (tertiary/aromatic N) is 2. The Labute approximate surface area is 127 Å². The monoisotopic (exact) mass is 296 g/mol. The fourth-order valence-electron chi connectivity index (χ4n) is 2.80. The summed E-state index contributed by atoms with van der Waals surface area (Å²) < 4.78 is 0. The first-order valence-electron chi connectivity index (χ1n) is 8.07. The minimum atomic E-state index is 0.0253. The van der Waals surface area contributed by atoms with Gasteiger partial charge in [0.1, 0.15) is 0 Å². The van der Waals surface area contributed by atoms with E-state index in [0.717, 1.165) is 52.1 Å². The van der Waals surface area contributed by atoms with E-state index in [1.807, 2.05) is 18.7 Å². The minimum absolute atomic E-state index is 0.0253. The summed E-state index contributed by atoms with van der Waals surface area (Å²) in [7, 11) is 0. The number of hydrogen-bond donors (Lipinski definition) is 2. The average molecular weight is 296 g/mol. The van der Waals surface area contributed by atoms with E-state index in [2.05, 4.69) is 15.5 Å². The fourth-order valence-corrected chi connectivity index (χ4v) is 2.80. The van der Waals surface area contributed by atoms with E-state index >= 15 is 0 Å². The molecule has 0 bridgehead atoms. The molecule has 120 valence electrons. The Morgan fingerprint density at radius 3 is 2.33 bits per heavy atom. The summed E-state index contributed by atoms with van der Waals surface area (Å²) in [6.45, 7) is 9.70. The van der Waals surface area contributed by atoms with Crippen LogP contribution in [0.15, 0.2) is 0 Å². The third kappa shape index (κ3) is 4.97. The van der Waals surface area contributed by atoms with Crippen LogP contribution in [0.5, 0.6) is 0 Å². The maximum atomic E-state index is 12.3. The highest BCUT2D eigenvalue weighted by atomic mass is 16.2. The topological polar surface area (TPSA) is 64.7 Å². The van der Waals surface area contributed by atoms with Gasteiger partial charge >= 0.3 is 0 Å². The van der Waals surface area contributed by atoms with Gasteiger partial charge in [0.25, 0.3) is 0 Å². The number of hydrogen-bond acceptors (Lipinski definition) is 4. The zero-order valence-corrected chi connectivity index (χ0v) is 13.2. The van der Waals surface area contributed by atoms with E-state index in [0.29, 0.717) is 6.54 Å². The number of piperazine rings is 1. The molecule has 0 aromatic carbocycles. The molecule has 2 aliphatic rings. The van der Waals surface area contributed by atoms with Crippen molar-refractivity contribution >= 4 is 11.8 Å². The second-order valence-corrected chi connectivity index (χ2v) is 6.34. The molecule has 21 heavy (non-hydrogen) atoms. The van der Waals surface area contributed by atoms with Gasteiger partial charge in [-0.05, 0) is 12.8 Å². The summed E-state index contributed by atoms with van der Waals surface area (Å²) >= 11 is 0. The van der Waals surface area contributed by atoms with Gasteiger partial charge in [0.2, 0.25) is 11.8 Å². The normalized spacial score (nSPS) is 21.6. The van der Waals surface area contributed by atoms with Crippen LogP contribution in [0.1, 0.15) is 26.7 Å². The van der Waals surface area contributed by atoms with Crippen LogP contribution in [0.4, 0.5) is 0 Å². The Morgan fingerprint density at radius 1 is 1.14 bits per heavy atom. The molecule has 0 aromatic heterocycles. The van der Waals surface area contributed by atoms with E-state index in [4.69, 9.17) is 0 Å². The number of piperidine rings is 1. The molecular weight excluding hydrogens is 268 g/mol. The predicted molar refractivity (Wildman–Crippen MR) is 81.9 cm³/mol. The number of carbonyl (C=O) groups is 2. The Bertz CT molecular complexity index is 359. The molecule has 0 saturated carbocycles. The van der Waals surface area contributed by atoms with E-state index in [9.17, 15) is 9.59 Å². The molecular formula is C15H28N4O2. The Balaban J connectivity index is 1.70. The molecule has 2 saturated heterocycles. The van der Waals surface area contributed by atoms with Crippen molar-refractivity contribution in [1.29, 1.82) is 0 Å². The van der Waals surface area contributed by atoms with Gasteiger partial charge in [-0.25, -0.2) is 0 Å². The number of nitrogens with one attached hydrogen (secondary N) is 2. The predicted octanol–water partition coefficient (Wildman–Crippen LogP) is -0.345. The van der Waals surface area contributed by atoms with E-state index in [1.165, 1.54) is 0 Å². The quantitative estimate of drug-likeness (QED) is 0.745. The molecule has 0 unspecified atom stereocenters. The Kier molecular flexibility index (Phi) is 5.99. The van der Waals surface area contributed by atoms with Crippen LogP contribution in [0.25, 0.3) is 0 Å². The first-order valence-corrected chi connectivity index (χ1v) is 8.07. The van der Waals surface area contributed by atoms with Crippen LogP contribution < -0.4 is 10.6 Å². The average Bonchev–Trinajstić information content (AvgIpc) is 2.48. The lowest BCUT2D eigenvalue weighted by Gasteiger charge is -2.35. The first kappa shape index (κ1) is 16.2. The van der Waals surface area contributed by atoms with Crippen molar-refractivity contribution in [2.75, 3.05) is 45.8 Å². The minimum Gasteiger partial charge on any atom is -0.353 e. The summed E-state index contributed by atoms with van der Waals surface area (Å²) in [5.41, 5.74) is 0. The van der Waals surface area contributed by atoms with Crippen molar-refractivity contribution in [3.8, 4) is 0 Å². The summed E-state index contributed by atoms with van der Waals surface area (Å²) in [6, 6.07) is 0.225. The van der Waals surface area contributed by atoms with Gasteiger partial charge in [-0.15, -0.1) is 0 Å². The van der Waals surface area contributed by atoms with Gasteiger partial charge in [-0.3, -0.25) is 14.5 Å². The zero-order valence-electron chi connectivity index (χ0n) is 13.2. The number of rotatable bonds is 4. The molecule has 0 aromatic rings. The maximum Gasteiger partial charge on any atom is 0.236 e.